The van der Waals surface area contributed by atoms with Crippen LogP contribution in [0.4, 0.5) is 0 Å². The van der Waals surface area contributed by atoms with E-state index in [-0.39, 0.29) is 11.4 Å². The quantitative estimate of drug-likeness (QED) is 0.860. The molecule has 5 heteroatoms. The van der Waals surface area contributed by atoms with Gasteiger partial charge in [-0.25, -0.2) is 0 Å². The standard InChI is InChI=1S/C15H22N2O3/c1-3-15(4-2,10-16)17-14(18)11-5-6-12-13(9-11)20-8-7-19-12/h5-6,9H,3-4,7-8,10,16H2,1-2H3,(H,17,18). The van der Waals surface area contributed by atoms with E-state index in [1.54, 1.807) is 18.2 Å². The van der Waals surface area contributed by atoms with Crippen molar-refractivity contribution < 1.29 is 14.3 Å². The molecule has 0 bridgehead atoms. The first-order chi connectivity index (χ1) is 9.64. The third-order valence-electron chi connectivity index (χ3n) is 3.93. The van der Waals surface area contributed by atoms with Crippen molar-refractivity contribution in [3.05, 3.63) is 23.8 Å². The van der Waals surface area contributed by atoms with Crippen molar-refractivity contribution in [1.82, 2.24) is 5.32 Å². The van der Waals surface area contributed by atoms with Crippen molar-refractivity contribution in [2.75, 3.05) is 19.8 Å². The van der Waals surface area contributed by atoms with Crippen LogP contribution in [0.3, 0.4) is 0 Å². The summed E-state index contributed by atoms with van der Waals surface area (Å²) in [6, 6.07) is 5.23. The molecule has 1 amide bonds. The minimum Gasteiger partial charge on any atom is -0.486 e. The Kier molecular flexibility index (Phi) is 4.49. The van der Waals surface area contributed by atoms with Crippen molar-refractivity contribution in [2.24, 2.45) is 5.73 Å². The van der Waals surface area contributed by atoms with E-state index in [4.69, 9.17) is 15.2 Å². The zero-order valence-electron chi connectivity index (χ0n) is 12.1. The molecule has 20 heavy (non-hydrogen) atoms. The van der Waals surface area contributed by atoms with Crippen molar-refractivity contribution >= 4 is 5.91 Å². The first-order valence-corrected chi connectivity index (χ1v) is 7.06. The zero-order chi connectivity index (χ0) is 14.6. The fourth-order valence-corrected chi connectivity index (χ4v) is 2.26. The van der Waals surface area contributed by atoms with Gasteiger partial charge < -0.3 is 20.5 Å². The summed E-state index contributed by atoms with van der Waals surface area (Å²) in [7, 11) is 0. The van der Waals surface area contributed by atoms with Gasteiger partial charge in [-0.3, -0.25) is 4.79 Å². The largest absolute Gasteiger partial charge is 0.486 e. The molecule has 1 aromatic carbocycles. The molecule has 1 aliphatic heterocycles. The Bertz CT molecular complexity index is 476. The summed E-state index contributed by atoms with van der Waals surface area (Å²) in [6.07, 6.45) is 1.60. The normalized spacial score (nSPS) is 13.9. The van der Waals surface area contributed by atoms with Gasteiger partial charge in [0.25, 0.3) is 5.91 Å². The molecule has 1 heterocycles. The average molecular weight is 278 g/mol. The molecular weight excluding hydrogens is 256 g/mol. The van der Waals surface area contributed by atoms with Crippen LogP contribution in [0.25, 0.3) is 0 Å². The van der Waals surface area contributed by atoms with Crippen LogP contribution in [0.15, 0.2) is 18.2 Å². The number of ether oxygens (including phenoxy) is 2. The molecule has 5 nitrogen and oxygen atoms in total. The number of carbonyl (C=O) groups excluding carboxylic acids is 1. The molecule has 1 aromatic rings. The highest BCUT2D eigenvalue weighted by atomic mass is 16.6. The Hall–Kier alpha value is -1.75. The summed E-state index contributed by atoms with van der Waals surface area (Å²) in [5.74, 6) is 1.18. The van der Waals surface area contributed by atoms with Crippen LogP contribution in [0, 0.1) is 0 Å². The van der Waals surface area contributed by atoms with Gasteiger partial charge in [0.05, 0.1) is 5.54 Å². The van der Waals surface area contributed by atoms with Gasteiger partial charge in [-0.1, -0.05) is 13.8 Å². The lowest BCUT2D eigenvalue weighted by atomic mass is 9.92. The maximum Gasteiger partial charge on any atom is 0.251 e. The number of carbonyl (C=O) groups is 1. The van der Waals surface area contributed by atoms with Gasteiger partial charge in [-0.05, 0) is 31.0 Å². The number of benzene rings is 1. The van der Waals surface area contributed by atoms with Crippen LogP contribution in [0.2, 0.25) is 0 Å². The van der Waals surface area contributed by atoms with E-state index in [1.807, 2.05) is 13.8 Å². The molecule has 0 fully saturated rings. The molecule has 0 aromatic heterocycles. The van der Waals surface area contributed by atoms with Gasteiger partial charge in [0, 0.05) is 12.1 Å². The van der Waals surface area contributed by atoms with E-state index in [2.05, 4.69) is 5.32 Å². The average Bonchev–Trinajstić information content (AvgIpc) is 2.52. The Labute approximate surface area is 119 Å². The van der Waals surface area contributed by atoms with Gasteiger partial charge in [0.1, 0.15) is 13.2 Å². The van der Waals surface area contributed by atoms with Gasteiger partial charge in [0.15, 0.2) is 11.5 Å². The minimum atomic E-state index is -0.343. The van der Waals surface area contributed by atoms with Crippen LogP contribution >= 0.6 is 0 Å². The number of nitrogens with one attached hydrogen (secondary N) is 1. The van der Waals surface area contributed by atoms with Crippen molar-refractivity contribution in [2.45, 2.75) is 32.2 Å². The smallest absolute Gasteiger partial charge is 0.251 e. The molecular formula is C15H22N2O3. The molecule has 0 spiro atoms. The maximum absolute atomic E-state index is 12.4. The van der Waals surface area contributed by atoms with E-state index in [0.717, 1.165) is 12.8 Å². The van der Waals surface area contributed by atoms with Crippen LogP contribution < -0.4 is 20.5 Å². The summed E-state index contributed by atoms with van der Waals surface area (Å²) < 4.78 is 10.9. The number of rotatable bonds is 5. The molecule has 3 N–H and O–H groups in total. The molecule has 110 valence electrons. The fourth-order valence-electron chi connectivity index (χ4n) is 2.26. The fraction of sp³-hybridized carbons (Fsp3) is 0.533. The SMILES string of the molecule is CCC(CC)(CN)NC(=O)c1ccc2c(c1)OCCO2. The molecule has 0 unspecified atom stereocenters. The number of hydrogen-bond acceptors (Lipinski definition) is 4. The van der Waals surface area contributed by atoms with Gasteiger partial charge in [0.2, 0.25) is 0 Å². The lowest BCUT2D eigenvalue weighted by Crippen LogP contribution is -2.52. The second-order valence-corrected chi connectivity index (χ2v) is 5.00. The Balaban J connectivity index is 2.17. The minimum absolute atomic E-state index is 0.129. The summed E-state index contributed by atoms with van der Waals surface area (Å²) in [5.41, 5.74) is 6.03. The van der Waals surface area contributed by atoms with E-state index < -0.39 is 0 Å². The number of fused-ring (bicyclic) bond motifs is 1. The Morgan fingerprint density at radius 3 is 2.50 bits per heavy atom. The van der Waals surface area contributed by atoms with Crippen LogP contribution in [0.5, 0.6) is 11.5 Å². The van der Waals surface area contributed by atoms with Crippen LogP contribution in [-0.4, -0.2) is 31.2 Å². The van der Waals surface area contributed by atoms with Crippen molar-refractivity contribution in [3.63, 3.8) is 0 Å². The summed E-state index contributed by atoms with van der Waals surface area (Å²) in [6.45, 7) is 5.53. The molecule has 1 aliphatic rings. The van der Waals surface area contributed by atoms with E-state index >= 15 is 0 Å². The van der Waals surface area contributed by atoms with Gasteiger partial charge in [-0.2, -0.15) is 0 Å². The number of hydrogen-bond donors (Lipinski definition) is 2. The second-order valence-electron chi connectivity index (χ2n) is 5.00. The first kappa shape index (κ1) is 14.7. The monoisotopic (exact) mass is 278 g/mol. The Morgan fingerprint density at radius 2 is 1.90 bits per heavy atom. The molecule has 0 aliphatic carbocycles. The molecule has 0 radical (unpaired) electrons. The van der Waals surface area contributed by atoms with Gasteiger partial charge in [-0.15, -0.1) is 0 Å². The van der Waals surface area contributed by atoms with Gasteiger partial charge >= 0.3 is 0 Å². The van der Waals surface area contributed by atoms with Crippen LogP contribution in [-0.2, 0) is 0 Å². The van der Waals surface area contributed by atoms with E-state index in [1.165, 1.54) is 0 Å². The highest BCUT2D eigenvalue weighted by Crippen LogP contribution is 2.30. The number of amides is 1. The number of nitrogens with two attached hydrogens (primary N) is 1. The maximum atomic E-state index is 12.4. The van der Waals surface area contributed by atoms with Crippen molar-refractivity contribution in [1.29, 1.82) is 0 Å². The van der Waals surface area contributed by atoms with E-state index in [0.29, 0.717) is 36.8 Å². The predicted octanol–water partition coefficient (Wildman–Crippen LogP) is 1.71. The van der Waals surface area contributed by atoms with Crippen molar-refractivity contribution in [3.8, 4) is 11.5 Å². The predicted molar refractivity (Wildman–Crippen MR) is 77.3 cm³/mol. The second kappa shape index (κ2) is 6.13. The third-order valence-corrected chi connectivity index (χ3v) is 3.93. The zero-order valence-corrected chi connectivity index (χ0v) is 12.1. The summed E-state index contributed by atoms with van der Waals surface area (Å²) in [4.78, 5) is 12.4. The first-order valence-electron chi connectivity index (χ1n) is 7.06. The highest BCUT2D eigenvalue weighted by Gasteiger charge is 2.27. The Morgan fingerprint density at radius 1 is 1.25 bits per heavy atom. The molecule has 0 atom stereocenters. The van der Waals surface area contributed by atoms with Crippen LogP contribution in [0.1, 0.15) is 37.0 Å². The molecule has 0 saturated carbocycles. The highest BCUT2D eigenvalue weighted by molar-refractivity contribution is 5.95. The third kappa shape index (κ3) is 2.88. The lowest BCUT2D eigenvalue weighted by Gasteiger charge is -2.31. The lowest BCUT2D eigenvalue weighted by molar-refractivity contribution is 0.0894. The summed E-state index contributed by atoms with van der Waals surface area (Å²) in [5, 5.41) is 3.04. The summed E-state index contributed by atoms with van der Waals surface area (Å²) >= 11 is 0. The molecule has 0 saturated heterocycles. The topological polar surface area (TPSA) is 73.6 Å². The van der Waals surface area contributed by atoms with E-state index in [9.17, 15) is 4.79 Å². The molecule has 2 rings (SSSR count).